The summed E-state index contributed by atoms with van der Waals surface area (Å²) in [6.45, 7) is 7.75. The van der Waals surface area contributed by atoms with Gasteiger partial charge in [-0.1, -0.05) is 25.1 Å². The molecule has 2 amide bonds. The maximum Gasteiger partial charge on any atom is 0.256 e. The summed E-state index contributed by atoms with van der Waals surface area (Å²) >= 11 is 0. The maximum atomic E-state index is 13.5. The molecule has 2 fully saturated rings. The van der Waals surface area contributed by atoms with Crippen LogP contribution in [0.3, 0.4) is 0 Å². The van der Waals surface area contributed by atoms with Crippen molar-refractivity contribution in [3.05, 3.63) is 59.2 Å². The van der Waals surface area contributed by atoms with Gasteiger partial charge in [-0.3, -0.25) is 9.59 Å². The van der Waals surface area contributed by atoms with E-state index in [0.717, 1.165) is 63.1 Å². The van der Waals surface area contributed by atoms with Crippen LogP contribution in [-0.2, 0) is 0 Å². The molecule has 0 saturated carbocycles. The van der Waals surface area contributed by atoms with Gasteiger partial charge in [0.25, 0.3) is 11.8 Å². The summed E-state index contributed by atoms with van der Waals surface area (Å²) in [5.41, 5.74) is 3.96. The first kappa shape index (κ1) is 21.4. The summed E-state index contributed by atoms with van der Waals surface area (Å²) in [6, 6.07) is 13.4. The van der Waals surface area contributed by atoms with Gasteiger partial charge < -0.3 is 15.1 Å². The Bertz CT molecular complexity index is 941. The predicted octanol–water partition coefficient (Wildman–Crippen LogP) is 5.11. The molecule has 2 heterocycles. The Morgan fingerprint density at radius 2 is 1.61 bits per heavy atom. The van der Waals surface area contributed by atoms with Crippen LogP contribution in [0.4, 0.5) is 11.4 Å². The molecule has 164 valence electrons. The van der Waals surface area contributed by atoms with Gasteiger partial charge in [0.05, 0.1) is 5.56 Å². The van der Waals surface area contributed by atoms with Gasteiger partial charge in [0.2, 0.25) is 0 Å². The highest BCUT2D eigenvalue weighted by Crippen LogP contribution is 2.30. The summed E-state index contributed by atoms with van der Waals surface area (Å²) in [5, 5.41) is 3.01. The van der Waals surface area contributed by atoms with E-state index in [-0.39, 0.29) is 11.8 Å². The fourth-order valence-corrected chi connectivity index (χ4v) is 4.60. The Morgan fingerprint density at radius 3 is 2.32 bits per heavy atom. The highest BCUT2D eigenvalue weighted by atomic mass is 16.2. The van der Waals surface area contributed by atoms with Crippen molar-refractivity contribution in [2.45, 2.75) is 46.0 Å². The van der Waals surface area contributed by atoms with Gasteiger partial charge in [0.1, 0.15) is 0 Å². The first-order valence-electron chi connectivity index (χ1n) is 11.6. The van der Waals surface area contributed by atoms with E-state index in [4.69, 9.17) is 0 Å². The number of carbonyl (C=O) groups is 2. The smallest absolute Gasteiger partial charge is 0.256 e. The SMILES string of the molecule is Cc1ccccc1C(=O)Nc1ccc(N2CCCCC2)c(C(=O)N2CCC(C)CC2)c1. The van der Waals surface area contributed by atoms with E-state index in [1.165, 1.54) is 6.42 Å². The Labute approximate surface area is 185 Å². The highest BCUT2D eigenvalue weighted by molar-refractivity contribution is 6.07. The zero-order valence-electron chi connectivity index (χ0n) is 18.7. The molecule has 0 bridgehead atoms. The molecule has 0 radical (unpaired) electrons. The number of hydrogen-bond acceptors (Lipinski definition) is 3. The van der Waals surface area contributed by atoms with Gasteiger partial charge in [-0.25, -0.2) is 0 Å². The van der Waals surface area contributed by atoms with Crippen molar-refractivity contribution < 1.29 is 9.59 Å². The summed E-state index contributed by atoms with van der Waals surface area (Å²) < 4.78 is 0. The van der Waals surface area contributed by atoms with E-state index in [1.807, 2.05) is 54.3 Å². The number of anilines is 2. The first-order valence-corrected chi connectivity index (χ1v) is 11.6. The van der Waals surface area contributed by atoms with E-state index in [2.05, 4.69) is 17.1 Å². The lowest BCUT2D eigenvalue weighted by atomic mass is 9.98. The molecule has 2 aliphatic heterocycles. The third-order valence-corrected chi connectivity index (χ3v) is 6.64. The van der Waals surface area contributed by atoms with E-state index >= 15 is 0 Å². The minimum absolute atomic E-state index is 0.0828. The zero-order valence-corrected chi connectivity index (χ0v) is 18.7. The number of carbonyl (C=O) groups excluding carboxylic acids is 2. The molecule has 4 rings (SSSR count). The Morgan fingerprint density at radius 1 is 0.903 bits per heavy atom. The second kappa shape index (κ2) is 9.54. The van der Waals surface area contributed by atoms with E-state index < -0.39 is 0 Å². The second-order valence-electron chi connectivity index (χ2n) is 9.02. The third kappa shape index (κ3) is 4.92. The molecule has 2 aromatic rings. The first-order chi connectivity index (χ1) is 15.0. The lowest BCUT2D eigenvalue weighted by Crippen LogP contribution is -2.39. The fraction of sp³-hybridized carbons (Fsp3) is 0.462. The molecule has 2 aliphatic rings. The molecule has 2 aromatic carbocycles. The molecule has 0 spiro atoms. The van der Waals surface area contributed by atoms with Crippen molar-refractivity contribution in [1.29, 1.82) is 0 Å². The number of likely N-dealkylation sites (tertiary alicyclic amines) is 1. The number of nitrogens with one attached hydrogen (secondary N) is 1. The number of amides is 2. The third-order valence-electron chi connectivity index (χ3n) is 6.64. The normalized spacial score (nSPS) is 17.5. The number of benzene rings is 2. The van der Waals surface area contributed by atoms with Gasteiger partial charge in [-0.15, -0.1) is 0 Å². The Balaban J connectivity index is 1.62. The van der Waals surface area contributed by atoms with Crippen LogP contribution < -0.4 is 10.2 Å². The lowest BCUT2D eigenvalue weighted by Gasteiger charge is -2.34. The largest absolute Gasteiger partial charge is 0.371 e. The molecule has 0 atom stereocenters. The van der Waals surface area contributed by atoms with Crippen molar-refractivity contribution in [2.75, 3.05) is 36.4 Å². The predicted molar refractivity (Wildman–Crippen MR) is 126 cm³/mol. The average Bonchev–Trinajstić information content (AvgIpc) is 2.80. The van der Waals surface area contributed by atoms with Crippen LogP contribution in [0.25, 0.3) is 0 Å². The van der Waals surface area contributed by atoms with Gasteiger partial charge in [-0.05, 0) is 74.8 Å². The average molecular weight is 420 g/mol. The van der Waals surface area contributed by atoms with Crippen LogP contribution in [0.5, 0.6) is 0 Å². The summed E-state index contributed by atoms with van der Waals surface area (Å²) in [6.07, 6.45) is 5.65. The van der Waals surface area contributed by atoms with Crippen LogP contribution in [0, 0.1) is 12.8 Å². The van der Waals surface area contributed by atoms with E-state index in [0.29, 0.717) is 22.7 Å². The second-order valence-corrected chi connectivity index (χ2v) is 9.02. The Hall–Kier alpha value is -2.82. The van der Waals surface area contributed by atoms with Gasteiger partial charge in [-0.2, -0.15) is 0 Å². The zero-order chi connectivity index (χ0) is 21.8. The van der Waals surface area contributed by atoms with Crippen LogP contribution in [0.15, 0.2) is 42.5 Å². The van der Waals surface area contributed by atoms with Crippen LogP contribution in [0.2, 0.25) is 0 Å². The molecular formula is C26H33N3O2. The minimum Gasteiger partial charge on any atom is -0.371 e. The minimum atomic E-state index is -0.144. The molecule has 31 heavy (non-hydrogen) atoms. The lowest BCUT2D eigenvalue weighted by molar-refractivity contribution is 0.0697. The number of rotatable bonds is 4. The van der Waals surface area contributed by atoms with Crippen molar-refractivity contribution in [1.82, 2.24) is 4.90 Å². The summed E-state index contributed by atoms with van der Waals surface area (Å²) in [5.74, 6) is 0.610. The molecular weight excluding hydrogens is 386 g/mol. The van der Waals surface area contributed by atoms with Crippen LogP contribution in [0.1, 0.15) is 65.3 Å². The van der Waals surface area contributed by atoms with Crippen molar-refractivity contribution in [3.8, 4) is 0 Å². The van der Waals surface area contributed by atoms with Gasteiger partial charge >= 0.3 is 0 Å². The molecule has 5 heteroatoms. The Kier molecular flexibility index (Phi) is 6.59. The van der Waals surface area contributed by atoms with E-state index in [9.17, 15) is 9.59 Å². The standard InChI is InChI=1S/C26H33N3O2/c1-19-12-16-29(17-13-19)26(31)23-18-21(10-11-24(23)28-14-6-3-7-15-28)27-25(30)22-9-5-4-8-20(22)2/h4-5,8-11,18-19H,3,6-7,12-17H2,1-2H3,(H,27,30). The number of nitrogens with zero attached hydrogens (tertiary/aromatic N) is 2. The summed E-state index contributed by atoms with van der Waals surface area (Å²) in [7, 11) is 0. The molecule has 2 saturated heterocycles. The number of piperidine rings is 2. The van der Waals surface area contributed by atoms with Crippen molar-refractivity contribution >= 4 is 23.2 Å². The molecule has 1 N–H and O–H groups in total. The quantitative estimate of drug-likeness (QED) is 0.749. The topological polar surface area (TPSA) is 52.7 Å². The highest BCUT2D eigenvalue weighted by Gasteiger charge is 2.26. The number of aryl methyl sites for hydroxylation is 1. The van der Waals surface area contributed by atoms with Crippen molar-refractivity contribution in [2.24, 2.45) is 5.92 Å². The molecule has 0 aromatic heterocycles. The maximum absolute atomic E-state index is 13.5. The number of hydrogen-bond donors (Lipinski definition) is 1. The molecule has 5 nitrogen and oxygen atoms in total. The van der Waals surface area contributed by atoms with Crippen molar-refractivity contribution in [3.63, 3.8) is 0 Å². The van der Waals surface area contributed by atoms with Crippen LogP contribution in [-0.4, -0.2) is 42.9 Å². The summed E-state index contributed by atoms with van der Waals surface area (Å²) in [4.78, 5) is 30.7. The van der Waals surface area contributed by atoms with E-state index in [1.54, 1.807) is 0 Å². The molecule has 0 aliphatic carbocycles. The van der Waals surface area contributed by atoms with Crippen LogP contribution >= 0.6 is 0 Å². The van der Waals surface area contributed by atoms with Gasteiger partial charge in [0, 0.05) is 43.1 Å². The fourth-order valence-electron chi connectivity index (χ4n) is 4.60. The molecule has 0 unspecified atom stereocenters. The van der Waals surface area contributed by atoms with Gasteiger partial charge in [0.15, 0.2) is 0 Å². The monoisotopic (exact) mass is 419 g/mol.